The Morgan fingerprint density at radius 3 is 2.71 bits per heavy atom. The molecule has 1 aromatic rings. The molecule has 3 nitrogen and oxygen atoms in total. The van der Waals surface area contributed by atoms with Gasteiger partial charge in [0.1, 0.15) is 5.15 Å². The van der Waals surface area contributed by atoms with E-state index in [9.17, 15) is 4.79 Å². The SMILES string of the molecule is COC(=O)C(C)(C)c1cccnc1Cl. The topological polar surface area (TPSA) is 39.2 Å². The Morgan fingerprint density at radius 1 is 1.57 bits per heavy atom. The Hall–Kier alpha value is -1.09. The van der Waals surface area contributed by atoms with E-state index in [1.165, 1.54) is 7.11 Å². The molecule has 76 valence electrons. The monoisotopic (exact) mass is 213 g/mol. The highest BCUT2D eigenvalue weighted by Gasteiger charge is 2.33. The maximum Gasteiger partial charge on any atom is 0.315 e. The van der Waals surface area contributed by atoms with Crippen LogP contribution < -0.4 is 0 Å². The van der Waals surface area contributed by atoms with Gasteiger partial charge in [-0.2, -0.15) is 0 Å². The molecule has 1 rings (SSSR count). The molecule has 0 N–H and O–H groups in total. The molecule has 1 aromatic heterocycles. The molecule has 0 bridgehead atoms. The van der Waals surface area contributed by atoms with Gasteiger partial charge >= 0.3 is 5.97 Å². The molecular weight excluding hydrogens is 202 g/mol. The van der Waals surface area contributed by atoms with Crippen LogP contribution in [0.1, 0.15) is 19.4 Å². The summed E-state index contributed by atoms with van der Waals surface area (Å²) >= 11 is 5.89. The van der Waals surface area contributed by atoms with Crippen molar-refractivity contribution in [3.05, 3.63) is 29.0 Å². The molecule has 0 unspecified atom stereocenters. The van der Waals surface area contributed by atoms with Gasteiger partial charge in [-0.15, -0.1) is 0 Å². The molecule has 0 saturated carbocycles. The van der Waals surface area contributed by atoms with Crippen LogP contribution in [0.4, 0.5) is 0 Å². The van der Waals surface area contributed by atoms with Crippen LogP contribution in [0.2, 0.25) is 5.15 Å². The summed E-state index contributed by atoms with van der Waals surface area (Å²) in [4.78, 5) is 15.4. The van der Waals surface area contributed by atoms with Crippen molar-refractivity contribution in [2.45, 2.75) is 19.3 Å². The number of esters is 1. The molecule has 0 radical (unpaired) electrons. The quantitative estimate of drug-likeness (QED) is 0.559. The van der Waals surface area contributed by atoms with Crippen molar-refractivity contribution in [2.24, 2.45) is 0 Å². The van der Waals surface area contributed by atoms with Gasteiger partial charge in [-0.05, 0) is 19.9 Å². The number of pyridine rings is 1. The van der Waals surface area contributed by atoms with Crippen molar-refractivity contribution in [2.75, 3.05) is 7.11 Å². The van der Waals surface area contributed by atoms with E-state index in [2.05, 4.69) is 4.98 Å². The fraction of sp³-hybridized carbons (Fsp3) is 0.400. The van der Waals surface area contributed by atoms with E-state index in [1.54, 1.807) is 32.2 Å². The first-order valence-corrected chi connectivity index (χ1v) is 4.57. The van der Waals surface area contributed by atoms with E-state index >= 15 is 0 Å². The summed E-state index contributed by atoms with van der Waals surface area (Å²) in [7, 11) is 1.36. The fourth-order valence-corrected chi connectivity index (χ4v) is 1.57. The second-order valence-corrected chi connectivity index (χ2v) is 3.82. The van der Waals surface area contributed by atoms with Crippen LogP contribution in [-0.2, 0) is 14.9 Å². The van der Waals surface area contributed by atoms with Crippen molar-refractivity contribution < 1.29 is 9.53 Å². The lowest BCUT2D eigenvalue weighted by atomic mass is 9.86. The highest BCUT2D eigenvalue weighted by Crippen LogP contribution is 2.29. The number of rotatable bonds is 2. The number of carbonyl (C=O) groups excluding carboxylic acids is 1. The van der Waals surface area contributed by atoms with E-state index in [0.29, 0.717) is 10.7 Å². The molecule has 14 heavy (non-hydrogen) atoms. The third-order valence-electron chi connectivity index (χ3n) is 2.13. The maximum atomic E-state index is 11.5. The van der Waals surface area contributed by atoms with Gasteiger partial charge in [-0.25, -0.2) is 4.98 Å². The van der Waals surface area contributed by atoms with Crippen LogP contribution >= 0.6 is 11.6 Å². The minimum absolute atomic E-state index is 0.326. The van der Waals surface area contributed by atoms with Gasteiger partial charge in [0.05, 0.1) is 12.5 Å². The lowest BCUT2D eigenvalue weighted by molar-refractivity contribution is -0.146. The third-order valence-corrected chi connectivity index (χ3v) is 2.43. The van der Waals surface area contributed by atoms with Crippen molar-refractivity contribution in [1.29, 1.82) is 0 Å². The molecule has 1 heterocycles. The number of ether oxygens (including phenoxy) is 1. The molecule has 0 atom stereocenters. The summed E-state index contributed by atoms with van der Waals surface area (Å²) in [5.41, 5.74) is -0.0892. The Labute approximate surface area is 88.1 Å². The number of hydrogen-bond donors (Lipinski definition) is 0. The number of halogens is 1. The summed E-state index contributed by atoms with van der Waals surface area (Å²) in [6.45, 7) is 3.50. The van der Waals surface area contributed by atoms with Gasteiger partial charge < -0.3 is 4.74 Å². The summed E-state index contributed by atoms with van der Waals surface area (Å²) < 4.78 is 4.70. The predicted molar refractivity (Wildman–Crippen MR) is 54.3 cm³/mol. The second kappa shape index (κ2) is 3.96. The Balaban J connectivity index is 3.16. The molecule has 0 fully saturated rings. The van der Waals surface area contributed by atoms with Crippen LogP contribution in [0, 0.1) is 0 Å². The van der Waals surface area contributed by atoms with Crippen LogP contribution in [0.3, 0.4) is 0 Å². The summed E-state index contributed by atoms with van der Waals surface area (Å²) in [5.74, 6) is -0.326. The van der Waals surface area contributed by atoms with E-state index in [1.807, 2.05) is 0 Å². The maximum absolute atomic E-state index is 11.5. The van der Waals surface area contributed by atoms with Gasteiger partial charge in [0, 0.05) is 11.8 Å². The van der Waals surface area contributed by atoms with Crippen LogP contribution in [-0.4, -0.2) is 18.1 Å². The van der Waals surface area contributed by atoms with Gasteiger partial charge in [-0.1, -0.05) is 17.7 Å². The molecule has 4 heteroatoms. The largest absolute Gasteiger partial charge is 0.468 e. The van der Waals surface area contributed by atoms with Gasteiger partial charge in [0.15, 0.2) is 0 Å². The predicted octanol–water partition coefficient (Wildman–Crippen LogP) is 2.19. The minimum atomic E-state index is -0.764. The normalized spacial score (nSPS) is 11.1. The first-order chi connectivity index (χ1) is 6.50. The third kappa shape index (κ3) is 1.87. The number of hydrogen-bond acceptors (Lipinski definition) is 3. The van der Waals surface area contributed by atoms with E-state index < -0.39 is 5.41 Å². The van der Waals surface area contributed by atoms with Crippen molar-refractivity contribution in [3.8, 4) is 0 Å². The van der Waals surface area contributed by atoms with Crippen LogP contribution in [0.5, 0.6) is 0 Å². The van der Waals surface area contributed by atoms with Crippen molar-refractivity contribution in [1.82, 2.24) is 4.98 Å². The smallest absolute Gasteiger partial charge is 0.315 e. The number of carbonyl (C=O) groups is 1. The number of methoxy groups -OCH3 is 1. The van der Waals surface area contributed by atoms with E-state index in [0.717, 1.165) is 0 Å². The first-order valence-electron chi connectivity index (χ1n) is 4.19. The Morgan fingerprint density at radius 2 is 2.21 bits per heavy atom. The molecule has 0 spiro atoms. The Bertz CT molecular complexity index is 350. The van der Waals surface area contributed by atoms with Crippen molar-refractivity contribution in [3.63, 3.8) is 0 Å². The molecule has 0 aliphatic heterocycles. The molecule has 0 aromatic carbocycles. The Kier molecular flexibility index (Phi) is 3.11. The van der Waals surface area contributed by atoms with Crippen LogP contribution in [0.15, 0.2) is 18.3 Å². The summed E-state index contributed by atoms with van der Waals surface area (Å²) in [6.07, 6.45) is 1.58. The van der Waals surface area contributed by atoms with Crippen molar-refractivity contribution >= 4 is 17.6 Å². The second-order valence-electron chi connectivity index (χ2n) is 3.46. The highest BCUT2D eigenvalue weighted by molar-refractivity contribution is 6.30. The zero-order valence-electron chi connectivity index (χ0n) is 8.37. The number of aromatic nitrogens is 1. The average molecular weight is 214 g/mol. The van der Waals surface area contributed by atoms with Gasteiger partial charge in [-0.3, -0.25) is 4.79 Å². The lowest BCUT2D eigenvalue weighted by Crippen LogP contribution is -2.30. The van der Waals surface area contributed by atoms with Crippen LogP contribution in [0.25, 0.3) is 0 Å². The number of nitrogens with zero attached hydrogens (tertiary/aromatic N) is 1. The zero-order valence-corrected chi connectivity index (χ0v) is 9.13. The first kappa shape index (κ1) is 11.0. The van der Waals surface area contributed by atoms with E-state index in [4.69, 9.17) is 16.3 Å². The summed E-state index contributed by atoms with van der Waals surface area (Å²) in [6, 6.07) is 3.51. The zero-order chi connectivity index (χ0) is 10.8. The van der Waals surface area contributed by atoms with Gasteiger partial charge in [0.25, 0.3) is 0 Å². The van der Waals surface area contributed by atoms with Gasteiger partial charge in [0.2, 0.25) is 0 Å². The minimum Gasteiger partial charge on any atom is -0.468 e. The standard InChI is InChI=1S/C10H12ClNO2/c1-10(2,9(13)14-3)7-5-4-6-12-8(7)11/h4-6H,1-3H3. The molecule has 0 saturated heterocycles. The highest BCUT2D eigenvalue weighted by atomic mass is 35.5. The molecule has 0 aliphatic rings. The summed E-state index contributed by atoms with van der Waals surface area (Å²) in [5, 5.41) is 0.336. The molecule has 0 amide bonds. The molecule has 0 aliphatic carbocycles. The average Bonchev–Trinajstić information content (AvgIpc) is 2.17. The fourth-order valence-electron chi connectivity index (χ4n) is 1.22. The lowest BCUT2D eigenvalue weighted by Gasteiger charge is -2.22. The van der Waals surface area contributed by atoms with E-state index in [-0.39, 0.29) is 5.97 Å². The molecular formula is C10H12ClNO2.